The molecule has 5 heteroatoms. The second-order valence-electron chi connectivity index (χ2n) is 3.26. The third kappa shape index (κ3) is 1.46. The quantitative estimate of drug-likeness (QED) is 0.671. The van der Waals surface area contributed by atoms with E-state index in [1.165, 1.54) is 36.2 Å². The average Bonchev–Trinajstić information content (AvgIpc) is 2.53. The first-order valence-corrected chi connectivity index (χ1v) is 4.75. The van der Waals surface area contributed by atoms with Gasteiger partial charge in [-0.15, -0.1) is 5.10 Å². The molecule has 12 heavy (non-hydrogen) atoms. The zero-order valence-electron chi connectivity index (χ0n) is 6.85. The van der Waals surface area contributed by atoms with Crippen LogP contribution in [0.3, 0.4) is 0 Å². The predicted molar refractivity (Wildman–Crippen MR) is 48.0 cm³/mol. The van der Waals surface area contributed by atoms with Crippen LogP contribution in [0.25, 0.3) is 0 Å². The molecule has 1 aliphatic rings. The number of hydrogen-bond donors (Lipinski definition) is 1. The van der Waals surface area contributed by atoms with Crippen LogP contribution in [0.4, 0.5) is 0 Å². The Morgan fingerprint density at radius 2 is 2.00 bits per heavy atom. The molecule has 1 aromatic heterocycles. The van der Waals surface area contributed by atoms with Gasteiger partial charge in [-0.3, -0.25) is 0 Å². The lowest BCUT2D eigenvalue weighted by molar-refractivity contribution is 0.427. The van der Waals surface area contributed by atoms with E-state index in [0.29, 0.717) is 5.92 Å². The van der Waals surface area contributed by atoms with E-state index in [1.807, 2.05) is 0 Å². The number of hydrogen-bond acceptors (Lipinski definition) is 4. The maximum atomic E-state index is 4.14. The minimum absolute atomic E-state index is 0.534. The summed E-state index contributed by atoms with van der Waals surface area (Å²) in [5, 5.41) is 11.3. The molecule has 4 nitrogen and oxygen atoms in total. The first-order valence-electron chi connectivity index (χ1n) is 4.35. The Hall–Kier alpha value is -0.580. The molecule has 1 heterocycles. The van der Waals surface area contributed by atoms with E-state index in [9.17, 15) is 0 Å². The fourth-order valence-electron chi connectivity index (χ4n) is 1.80. The number of rotatable bonds is 1. The minimum atomic E-state index is 0.534. The molecule has 0 spiro atoms. The van der Waals surface area contributed by atoms with Gasteiger partial charge in [-0.2, -0.15) is 4.09 Å². The van der Waals surface area contributed by atoms with Gasteiger partial charge in [-0.25, -0.2) is 0 Å². The summed E-state index contributed by atoms with van der Waals surface area (Å²) in [6.07, 6.45) is 6.36. The van der Waals surface area contributed by atoms with E-state index in [-0.39, 0.29) is 0 Å². The van der Waals surface area contributed by atoms with Crippen LogP contribution in [0, 0.1) is 0 Å². The van der Waals surface area contributed by atoms with Crippen molar-refractivity contribution in [1.82, 2.24) is 19.6 Å². The Morgan fingerprint density at radius 1 is 1.25 bits per heavy atom. The molecule has 0 radical (unpaired) electrons. The maximum Gasteiger partial charge on any atom is 0.166 e. The number of aromatic nitrogens is 4. The smallest absolute Gasteiger partial charge is 0.166 e. The van der Waals surface area contributed by atoms with E-state index in [4.69, 9.17) is 0 Å². The molecule has 66 valence electrons. The molecular weight excluding hydrogens is 172 g/mol. The van der Waals surface area contributed by atoms with Gasteiger partial charge in [0.25, 0.3) is 0 Å². The van der Waals surface area contributed by atoms with Crippen LogP contribution < -0.4 is 0 Å². The van der Waals surface area contributed by atoms with Gasteiger partial charge in [0.2, 0.25) is 0 Å². The lowest BCUT2D eigenvalue weighted by atomic mass is 9.89. The number of nitrogens with zero attached hydrogens (tertiary/aromatic N) is 4. The highest BCUT2D eigenvalue weighted by Crippen LogP contribution is 2.30. The Morgan fingerprint density at radius 3 is 2.58 bits per heavy atom. The van der Waals surface area contributed by atoms with Crippen LogP contribution in [-0.2, 0) is 0 Å². The lowest BCUT2D eigenvalue weighted by Crippen LogP contribution is -2.08. The summed E-state index contributed by atoms with van der Waals surface area (Å²) >= 11 is 4.14. The Balaban J connectivity index is 2.13. The van der Waals surface area contributed by atoms with Crippen molar-refractivity contribution < 1.29 is 0 Å². The van der Waals surface area contributed by atoms with Gasteiger partial charge in [0.15, 0.2) is 5.82 Å². The van der Waals surface area contributed by atoms with Crippen LogP contribution in [0.5, 0.6) is 0 Å². The van der Waals surface area contributed by atoms with Gasteiger partial charge in [-0.1, -0.05) is 19.3 Å². The monoisotopic (exact) mass is 184 g/mol. The summed E-state index contributed by atoms with van der Waals surface area (Å²) in [5.41, 5.74) is 0. The van der Waals surface area contributed by atoms with Crippen molar-refractivity contribution in [3.63, 3.8) is 0 Å². The molecule has 1 fully saturated rings. The van der Waals surface area contributed by atoms with Crippen molar-refractivity contribution >= 4 is 12.8 Å². The first-order chi connectivity index (χ1) is 5.88. The van der Waals surface area contributed by atoms with Crippen LogP contribution in [0.15, 0.2) is 0 Å². The van der Waals surface area contributed by atoms with E-state index < -0.39 is 0 Å². The maximum absolute atomic E-state index is 4.14. The third-order valence-electron chi connectivity index (χ3n) is 2.45. The van der Waals surface area contributed by atoms with Crippen molar-refractivity contribution in [2.24, 2.45) is 0 Å². The summed E-state index contributed by atoms with van der Waals surface area (Å²) in [6, 6.07) is 0. The Labute approximate surface area is 76.9 Å². The molecule has 2 rings (SSSR count). The number of tetrazole rings is 1. The highest BCUT2D eigenvalue weighted by atomic mass is 32.1. The summed E-state index contributed by atoms with van der Waals surface area (Å²) in [7, 11) is 0. The van der Waals surface area contributed by atoms with E-state index in [2.05, 4.69) is 28.3 Å². The standard InChI is InChI=1S/C7H12N4S/c12-11-7(8-9-10-11)6-4-2-1-3-5-6/h6,12H,1-5H2. The zero-order chi connectivity index (χ0) is 8.39. The highest BCUT2D eigenvalue weighted by Gasteiger charge is 2.20. The van der Waals surface area contributed by atoms with Crippen molar-refractivity contribution in [3.8, 4) is 0 Å². The molecule has 0 bridgehead atoms. The molecule has 0 aliphatic heterocycles. The molecule has 1 aromatic rings. The van der Waals surface area contributed by atoms with Crippen LogP contribution >= 0.6 is 12.8 Å². The number of thiol groups is 1. The largest absolute Gasteiger partial charge is 0.173 e. The van der Waals surface area contributed by atoms with Crippen LogP contribution in [0.2, 0.25) is 0 Å². The molecule has 0 amide bonds. The fourth-order valence-corrected chi connectivity index (χ4v) is 2.03. The second-order valence-corrected chi connectivity index (χ2v) is 3.64. The van der Waals surface area contributed by atoms with Crippen LogP contribution in [0.1, 0.15) is 43.8 Å². The Bertz CT molecular complexity index is 254. The predicted octanol–water partition coefficient (Wildman–Crippen LogP) is 1.41. The van der Waals surface area contributed by atoms with E-state index >= 15 is 0 Å². The van der Waals surface area contributed by atoms with Gasteiger partial charge in [-0.05, 0) is 36.1 Å². The SMILES string of the molecule is Sn1nnnc1C1CCCCC1. The minimum Gasteiger partial charge on any atom is -0.173 e. The molecule has 0 atom stereocenters. The Kier molecular flexibility index (Phi) is 2.30. The topological polar surface area (TPSA) is 43.6 Å². The average molecular weight is 184 g/mol. The highest BCUT2D eigenvalue weighted by molar-refractivity contribution is 7.78. The van der Waals surface area contributed by atoms with Gasteiger partial charge >= 0.3 is 0 Å². The van der Waals surface area contributed by atoms with E-state index in [1.54, 1.807) is 0 Å². The third-order valence-corrected chi connectivity index (χ3v) is 2.73. The fraction of sp³-hybridized carbons (Fsp3) is 0.857. The van der Waals surface area contributed by atoms with Gasteiger partial charge < -0.3 is 0 Å². The van der Waals surface area contributed by atoms with Crippen molar-refractivity contribution in [1.29, 1.82) is 0 Å². The van der Waals surface area contributed by atoms with Crippen molar-refractivity contribution in [2.75, 3.05) is 0 Å². The molecule has 1 aliphatic carbocycles. The molecule has 1 saturated carbocycles. The normalized spacial score (nSPS) is 19.8. The lowest BCUT2D eigenvalue weighted by Gasteiger charge is -2.18. The van der Waals surface area contributed by atoms with Gasteiger partial charge in [0.1, 0.15) is 0 Å². The summed E-state index contributed by atoms with van der Waals surface area (Å²) in [5.74, 6) is 1.46. The first kappa shape index (κ1) is 8.04. The molecule has 0 saturated heterocycles. The van der Waals surface area contributed by atoms with Crippen molar-refractivity contribution in [3.05, 3.63) is 5.82 Å². The summed E-state index contributed by atoms with van der Waals surface area (Å²) < 4.78 is 1.50. The molecular formula is C7H12N4S. The molecule has 0 aromatic carbocycles. The van der Waals surface area contributed by atoms with E-state index in [0.717, 1.165) is 5.82 Å². The molecule has 0 unspecified atom stereocenters. The second kappa shape index (κ2) is 3.43. The van der Waals surface area contributed by atoms with Gasteiger partial charge in [0.05, 0.1) is 0 Å². The summed E-state index contributed by atoms with van der Waals surface area (Å²) in [6.45, 7) is 0. The van der Waals surface area contributed by atoms with Crippen molar-refractivity contribution in [2.45, 2.75) is 38.0 Å². The summed E-state index contributed by atoms with van der Waals surface area (Å²) in [4.78, 5) is 0. The zero-order valence-corrected chi connectivity index (χ0v) is 7.74. The van der Waals surface area contributed by atoms with Gasteiger partial charge in [0, 0.05) is 5.92 Å². The van der Waals surface area contributed by atoms with Crippen LogP contribution in [-0.4, -0.2) is 19.6 Å². The molecule has 0 N–H and O–H groups in total.